The molecule has 0 amide bonds. The summed E-state index contributed by atoms with van der Waals surface area (Å²) in [6.07, 6.45) is 1.93. The van der Waals surface area contributed by atoms with Crippen molar-refractivity contribution in [1.29, 1.82) is 0 Å². The topological polar surface area (TPSA) is 17.8 Å². The van der Waals surface area contributed by atoms with Gasteiger partial charge in [0.05, 0.1) is 11.7 Å². The Bertz CT molecular complexity index is 750. The third kappa shape index (κ3) is 3.56. The van der Waals surface area contributed by atoms with Gasteiger partial charge in [-0.15, -0.1) is 5.56 Å². The second kappa shape index (κ2) is 7.79. The molecule has 0 aliphatic heterocycles. The maximum Gasteiger partial charge on any atom is 2.00 e. The van der Waals surface area contributed by atoms with E-state index in [0.29, 0.717) is 0 Å². The van der Waals surface area contributed by atoms with Crippen LogP contribution >= 0.6 is 0 Å². The maximum atomic E-state index is 4.47. The molecule has 4 rings (SSSR count). The van der Waals surface area contributed by atoms with Crippen molar-refractivity contribution < 1.29 is 17.1 Å². The van der Waals surface area contributed by atoms with Crippen molar-refractivity contribution in [2.75, 3.05) is 0 Å². The van der Waals surface area contributed by atoms with Gasteiger partial charge >= 0.3 is 17.1 Å². The van der Waals surface area contributed by atoms with Crippen molar-refractivity contribution in [1.82, 2.24) is 9.78 Å². The molecule has 4 aromatic rings. The average molecular weight is 330 g/mol. The Balaban J connectivity index is 0.000000253. The van der Waals surface area contributed by atoms with Crippen LogP contribution < -0.4 is 0 Å². The molecule has 1 aromatic heterocycles. The molecule has 3 aromatic carbocycles. The van der Waals surface area contributed by atoms with Gasteiger partial charge in [0.15, 0.2) is 0 Å². The Kier molecular flexibility index (Phi) is 5.76. The summed E-state index contributed by atoms with van der Waals surface area (Å²) in [7, 11) is 0. The number of hydrogen-bond donors (Lipinski definition) is 0. The van der Waals surface area contributed by atoms with Gasteiger partial charge in [-0.1, -0.05) is 18.2 Å². The minimum atomic E-state index is 0. The molecule has 1 unspecified atom stereocenters. The summed E-state index contributed by atoms with van der Waals surface area (Å²) in [5, 5.41) is 5.66. The zero-order valence-electron chi connectivity index (χ0n) is 12.4. The Morgan fingerprint density at radius 3 is 2.32 bits per heavy atom. The molecule has 0 fully saturated rings. The second-order valence-corrected chi connectivity index (χ2v) is 5.00. The SMILES string of the molecule is CC([c-]1cccc1)n1ncc2ccccc21.[Fe+2].c1cc[cH-]c1. The van der Waals surface area contributed by atoms with E-state index >= 15 is 0 Å². The van der Waals surface area contributed by atoms with Crippen molar-refractivity contribution in [3.63, 3.8) is 0 Å². The molecule has 0 aliphatic carbocycles. The van der Waals surface area contributed by atoms with Gasteiger partial charge in [-0.25, -0.2) is 24.3 Å². The second-order valence-electron chi connectivity index (χ2n) is 5.00. The normalized spacial score (nSPS) is 11.3. The minimum absolute atomic E-state index is 0. The number of benzene rings is 1. The summed E-state index contributed by atoms with van der Waals surface area (Å²) >= 11 is 0. The Morgan fingerprint density at radius 1 is 1.00 bits per heavy atom. The summed E-state index contributed by atoms with van der Waals surface area (Å²) in [4.78, 5) is 0. The summed E-state index contributed by atoms with van der Waals surface area (Å²) < 4.78 is 2.07. The number of para-hydroxylation sites is 1. The fourth-order valence-electron chi connectivity index (χ4n) is 2.43. The largest absolute Gasteiger partial charge is 2.00 e. The molecule has 0 N–H and O–H groups in total. The smallest absolute Gasteiger partial charge is 0.269 e. The van der Waals surface area contributed by atoms with Crippen LogP contribution in [-0.4, -0.2) is 9.78 Å². The van der Waals surface area contributed by atoms with Gasteiger partial charge in [-0.3, -0.25) is 4.68 Å². The molecule has 0 saturated heterocycles. The number of rotatable bonds is 2. The molecule has 0 aliphatic rings. The van der Waals surface area contributed by atoms with Gasteiger partial charge in [0.1, 0.15) is 0 Å². The molecule has 22 heavy (non-hydrogen) atoms. The number of nitrogens with zero attached hydrogens (tertiary/aromatic N) is 2. The first kappa shape index (κ1) is 16.3. The minimum Gasteiger partial charge on any atom is -0.269 e. The van der Waals surface area contributed by atoms with Crippen molar-refractivity contribution >= 4 is 10.9 Å². The van der Waals surface area contributed by atoms with Crippen molar-refractivity contribution in [2.24, 2.45) is 0 Å². The van der Waals surface area contributed by atoms with Crippen LogP contribution in [0.3, 0.4) is 0 Å². The summed E-state index contributed by atoms with van der Waals surface area (Å²) in [5.74, 6) is 0. The van der Waals surface area contributed by atoms with E-state index in [1.165, 1.54) is 16.5 Å². The Labute approximate surface area is 141 Å². The van der Waals surface area contributed by atoms with Gasteiger partial charge in [0.2, 0.25) is 0 Å². The number of aromatic nitrogens is 2. The third-order valence-corrected chi connectivity index (χ3v) is 3.60. The van der Waals surface area contributed by atoms with Crippen LogP contribution in [0.15, 0.2) is 85.1 Å². The van der Waals surface area contributed by atoms with Gasteiger partial charge in [-0.05, 0) is 13.0 Å². The van der Waals surface area contributed by atoms with E-state index in [2.05, 4.69) is 59.2 Å². The number of hydrogen-bond acceptors (Lipinski definition) is 1. The predicted molar refractivity (Wildman–Crippen MR) is 87.6 cm³/mol. The van der Waals surface area contributed by atoms with Crippen LogP contribution in [0.2, 0.25) is 0 Å². The standard InChI is InChI=1S/C14H13N2.C5H5.Fe/c1-11(12-6-2-3-7-12)16-14-9-5-4-8-13(14)10-15-16;1-2-4-5-3-1;/h2-11H,1H3;1-5H;/q2*-1;+2. The molecule has 0 bridgehead atoms. The molecule has 3 heteroatoms. The molecule has 0 saturated carbocycles. The summed E-state index contributed by atoms with van der Waals surface area (Å²) in [5.41, 5.74) is 2.49. The van der Waals surface area contributed by atoms with Gasteiger partial charge in [0.25, 0.3) is 0 Å². The van der Waals surface area contributed by atoms with Gasteiger partial charge in [-0.2, -0.15) is 35.4 Å². The fraction of sp³-hybridized carbons (Fsp3) is 0.105. The fourth-order valence-corrected chi connectivity index (χ4v) is 2.43. The summed E-state index contributed by atoms with van der Waals surface area (Å²) in [6, 6.07) is 27.0. The van der Waals surface area contributed by atoms with E-state index < -0.39 is 0 Å². The maximum absolute atomic E-state index is 4.47. The average Bonchev–Trinajstić information content (AvgIpc) is 3.28. The molecule has 1 atom stereocenters. The first-order valence-corrected chi connectivity index (χ1v) is 7.17. The van der Waals surface area contributed by atoms with Crippen LogP contribution in [0.5, 0.6) is 0 Å². The summed E-state index contributed by atoms with van der Waals surface area (Å²) in [6.45, 7) is 2.18. The van der Waals surface area contributed by atoms with Crippen LogP contribution in [-0.2, 0) is 17.1 Å². The molecular weight excluding hydrogens is 312 g/mol. The van der Waals surface area contributed by atoms with Crippen LogP contribution in [0.4, 0.5) is 0 Å². The molecule has 112 valence electrons. The van der Waals surface area contributed by atoms with E-state index in [0.717, 1.165) is 0 Å². The molecule has 0 spiro atoms. The first-order chi connectivity index (χ1) is 10.4. The number of fused-ring (bicyclic) bond motifs is 1. The van der Waals surface area contributed by atoms with Gasteiger partial charge in [0, 0.05) is 11.4 Å². The van der Waals surface area contributed by atoms with Crippen LogP contribution in [0, 0.1) is 0 Å². The van der Waals surface area contributed by atoms with Crippen LogP contribution in [0.1, 0.15) is 18.5 Å². The monoisotopic (exact) mass is 330 g/mol. The quantitative estimate of drug-likeness (QED) is 0.382. The van der Waals surface area contributed by atoms with Crippen molar-refractivity contribution in [3.05, 3.63) is 90.6 Å². The van der Waals surface area contributed by atoms with E-state index in [4.69, 9.17) is 0 Å². The first-order valence-electron chi connectivity index (χ1n) is 7.17. The Morgan fingerprint density at radius 2 is 1.68 bits per heavy atom. The zero-order chi connectivity index (χ0) is 14.5. The van der Waals surface area contributed by atoms with E-state index in [9.17, 15) is 0 Å². The predicted octanol–water partition coefficient (Wildman–Crippen LogP) is 4.77. The van der Waals surface area contributed by atoms with E-state index in [1.54, 1.807) is 0 Å². The Hall–Kier alpha value is -2.09. The third-order valence-electron chi connectivity index (χ3n) is 3.60. The van der Waals surface area contributed by atoms with Gasteiger partial charge < -0.3 is 0 Å². The van der Waals surface area contributed by atoms with E-state index in [-0.39, 0.29) is 23.1 Å². The molecule has 0 radical (unpaired) electrons. The van der Waals surface area contributed by atoms with Crippen molar-refractivity contribution in [2.45, 2.75) is 13.0 Å². The molecule has 1 heterocycles. The zero-order valence-corrected chi connectivity index (χ0v) is 13.5. The van der Waals surface area contributed by atoms with Crippen LogP contribution in [0.25, 0.3) is 10.9 Å². The van der Waals surface area contributed by atoms with E-state index in [1.807, 2.05) is 42.6 Å². The van der Waals surface area contributed by atoms with Crippen molar-refractivity contribution in [3.8, 4) is 0 Å². The molecular formula is C19H18FeN2. The molecule has 2 nitrogen and oxygen atoms in total.